The van der Waals surface area contributed by atoms with Gasteiger partial charge in [0, 0.05) is 11.5 Å². The molecule has 1 aromatic heterocycles. The standard InChI is InChI=1S/C17H15N4O2/c1-20-10-13(18-19-20)11-21-15-5-3-2-4-14(15)17(23,16(21)22)9-8-12-6-7-12/h2-5,10,12,23H,1,6-7,11H2. The number of hydrogen-bond donors (Lipinski definition) is 1. The molecule has 2 heterocycles. The minimum absolute atomic E-state index is 0.221. The Morgan fingerprint density at radius 2 is 2.17 bits per heavy atom. The molecule has 2 aliphatic rings. The molecular formula is C17H15N4O2. The zero-order valence-corrected chi connectivity index (χ0v) is 12.4. The molecule has 1 fully saturated rings. The molecule has 115 valence electrons. The smallest absolute Gasteiger partial charge is 0.277 e. The van der Waals surface area contributed by atoms with Crippen LogP contribution < -0.4 is 4.90 Å². The molecule has 23 heavy (non-hydrogen) atoms. The molecular weight excluding hydrogens is 292 g/mol. The molecule has 1 saturated carbocycles. The molecule has 1 radical (unpaired) electrons. The van der Waals surface area contributed by atoms with Gasteiger partial charge in [0.25, 0.3) is 5.91 Å². The number of benzene rings is 1. The fourth-order valence-electron chi connectivity index (χ4n) is 2.72. The van der Waals surface area contributed by atoms with Crippen molar-refractivity contribution in [3.8, 4) is 11.8 Å². The Kier molecular flexibility index (Phi) is 3.00. The number of amides is 1. The predicted octanol–water partition coefficient (Wildman–Crippen LogP) is 1.07. The number of anilines is 1. The maximum atomic E-state index is 12.8. The summed E-state index contributed by atoms with van der Waals surface area (Å²) in [4.78, 5) is 14.3. The number of aromatic nitrogens is 3. The van der Waals surface area contributed by atoms with Gasteiger partial charge in [-0.1, -0.05) is 35.3 Å². The molecule has 0 saturated heterocycles. The fraction of sp³-hybridized carbons (Fsp3) is 0.294. The SMILES string of the molecule is [CH2]n1cc(CN2C(=O)C(O)(C#CC3CC3)c3ccccc32)nn1. The van der Waals surface area contributed by atoms with Crippen LogP contribution in [0.1, 0.15) is 24.1 Å². The van der Waals surface area contributed by atoms with E-state index in [2.05, 4.69) is 29.2 Å². The number of nitrogens with zero attached hydrogens (tertiary/aromatic N) is 4. The van der Waals surface area contributed by atoms with Gasteiger partial charge >= 0.3 is 0 Å². The van der Waals surface area contributed by atoms with Crippen molar-refractivity contribution in [3.05, 3.63) is 48.8 Å². The third-order valence-electron chi connectivity index (χ3n) is 4.08. The molecule has 1 N–H and O–H groups in total. The number of fused-ring (bicyclic) bond motifs is 1. The van der Waals surface area contributed by atoms with Gasteiger partial charge in [0.05, 0.1) is 25.5 Å². The molecule has 1 amide bonds. The Balaban J connectivity index is 1.74. The van der Waals surface area contributed by atoms with E-state index in [1.54, 1.807) is 24.4 Å². The first kappa shape index (κ1) is 14.0. The summed E-state index contributed by atoms with van der Waals surface area (Å²) < 4.78 is 1.33. The molecule has 1 atom stereocenters. The van der Waals surface area contributed by atoms with Crippen molar-refractivity contribution in [1.29, 1.82) is 0 Å². The van der Waals surface area contributed by atoms with Gasteiger partial charge in [0.15, 0.2) is 0 Å². The van der Waals surface area contributed by atoms with Crippen molar-refractivity contribution < 1.29 is 9.90 Å². The van der Waals surface area contributed by atoms with Crippen LogP contribution in [-0.4, -0.2) is 26.0 Å². The molecule has 6 nitrogen and oxygen atoms in total. The number of aliphatic hydroxyl groups is 1. The summed E-state index contributed by atoms with van der Waals surface area (Å²) in [6.45, 7) is 0.221. The lowest BCUT2D eigenvalue weighted by atomic mass is 9.96. The van der Waals surface area contributed by atoms with E-state index in [-0.39, 0.29) is 6.54 Å². The molecule has 0 bridgehead atoms. The summed E-state index contributed by atoms with van der Waals surface area (Å²) in [5, 5.41) is 18.7. The quantitative estimate of drug-likeness (QED) is 0.842. The fourth-order valence-corrected chi connectivity index (χ4v) is 2.72. The Labute approximate surface area is 133 Å². The Hall–Kier alpha value is -2.65. The van der Waals surface area contributed by atoms with Crippen molar-refractivity contribution in [1.82, 2.24) is 15.0 Å². The molecule has 1 aliphatic carbocycles. The molecule has 4 rings (SSSR count). The molecule has 2 aromatic rings. The topological polar surface area (TPSA) is 71.2 Å². The second-order valence-electron chi connectivity index (χ2n) is 5.91. The van der Waals surface area contributed by atoms with Crippen LogP contribution >= 0.6 is 0 Å². The minimum Gasteiger partial charge on any atom is -0.366 e. The van der Waals surface area contributed by atoms with Crippen LogP contribution in [0.25, 0.3) is 0 Å². The lowest BCUT2D eigenvalue weighted by Crippen LogP contribution is -2.39. The van der Waals surface area contributed by atoms with Crippen molar-refractivity contribution in [2.45, 2.75) is 25.0 Å². The second-order valence-corrected chi connectivity index (χ2v) is 5.91. The highest BCUT2D eigenvalue weighted by molar-refractivity contribution is 6.08. The summed E-state index contributed by atoms with van der Waals surface area (Å²) in [7, 11) is 3.63. The highest BCUT2D eigenvalue weighted by Crippen LogP contribution is 2.41. The van der Waals surface area contributed by atoms with Gasteiger partial charge in [-0.2, -0.15) is 0 Å². The van der Waals surface area contributed by atoms with Crippen LogP contribution in [0.5, 0.6) is 0 Å². The van der Waals surface area contributed by atoms with Gasteiger partial charge in [-0.15, -0.1) is 5.10 Å². The third-order valence-corrected chi connectivity index (χ3v) is 4.08. The van der Waals surface area contributed by atoms with Crippen LogP contribution in [-0.2, 0) is 16.9 Å². The number of para-hydroxylation sites is 1. The van der Waals surface area contributed by atoms with Crippen LogP contribution in [0.2, 0.25) is 0 Å². The van der Waals surface area contributed by atoms with E-state index in [9.17, 15) is 9.90 Å². The summed E-state index contributed by atoms with van der Waals surface area (Å²) >= 11 is 0. The van der Waals surface area contributed by atoms with Gasteiger partial charge in [0.1, 0.15) is 5.69 Å². The third kappa shape index (κ3) is 2.30. The largest absolute Gasteiger partial charge is 0.366 e. The van der Waals surface area contributed by atoms with Gasteiger partial charge in [-0.3, -0.25) is 9.48 Å². The lowest BCUT2D eigenvalue weighted by Gasteiger charge is -2.17. The molecule has 0 spiro atoms. The summed E-state index contributed by atoms with van der Waals surface area (Å²) in [5.74, 6) is 5.68. The highest BCUT2D eigenvalue weighted by atomic mass is 16.3. The minimum atomic E-state index is -1.78. The average Bonchev–Trinajstić information content (AvgIpc) is 3.26. The molecule has 1 aromatic carbocycles. The lowest BCUT2D eigenvalue weighted by molar-refractivity contribution is -0.130. The predicted molar refractivity (Wildman–Crippen MR) is 82.8 cm³/mol. The van der Waals surface area contributed by atoms with Crippen molar-refractivity contribution >= 4 is 11.6 Å². The van der Waals surface area contributed by atoms with Crippen molar-refractivity contribution in [2.75, 3.05) is 4.90 Å². The van der Waals surface area contributed by atoms with Gasteiger partial charge in [0.2, 0.25) is 5.60 Å². The van der Waals surface area contributed by atoms with E-state index in [1.165, 1.54) is 9.58 Å². The van der Waals surface area contributed by atoms with Gasteiger partial charge in [-0.25, -0.2) is 0 Å². The number of rotatable bonds is 2. The Bertz CT molecular complexity index is 844. The summed E-state index contributed by atoms with van der Waals surface area (Å²) in [5.41, 5.74) is 0.00560. The molecule has 1 aliphatic heterocycles. The summed E-state index contributed by atoms with van der Waals surface area (Å²) in [6.07, 6.45) is 3.72. The zero-order valence-electron chi connectivity index (χ0n) is 12.4. The number of carbonyl (C=O) groups is 1. The zero-order chi connectivity index (χ0) is 16.0. The van der Waals surface area contributed by atoms with Crippen LogP contribution in [0.15, 0.2) is 30.5 Å². The van der Waals surface area contributed by atoms with E-state index >= 15 is 0 Å². The van der Waals surface area contributed by atoms with E-state index in [1.807, 2.05) is 6.07 Å². The first-order chi connectivity index (χ1) is 11.1. The Morgan fingerprint density at radius 3 is 2.87 bits per heavy atom. The monoisotopic (exact) mass is 307 g/mol. The Morgan fingerprint density at radius 1 is 1.39 bits per heavy atom. The van der Waals surface area contributed by atoms with Gasteiger partial charge in [-0.05, 0) is 18.9 Å². The molecule has 1 unspecified atom stereocenters. The van der Waals surface area contributed by atoms with Crippen LogP contribution in [0.3, 0.4) is 0 Å². The normalized spacial score (nSPS) is 22.7. The summed E-state index contributed by atoms with van der Waals surface area (Å²) in [6, 6.07) is 7.18. The second kappa shape index (κ2) is 4.93. The number of carbonyl (C=O) groups excluding carboxylic acids is 1. The highest BCUT2D eigenvalue weighted by Gasteiger charge is 2.49. The average molecular weight is 307 g/mol. The van der Waals surface area contributed by atoms with Crippen molar-refractivity contribution in [3.63, 3.8) is 0 Å². The maximum absolute atomic E-state index is 12.8. The first-order valence-electron chi connectivity index (χ1n) is 7.46. The van der Waals surface area contributed by atoms with E-state index in [0.717, 1.165) is 12.8 Å². The van der Waals surface area contributed by atoms with Crippen molar-refractivity contribution in [2.24, 2.45) is 5.92 Å². The van der Waals surface area contributed by atoms with Crippen LogP contribution in [0.4, 0.5) is 5.69 Å². The van der Waals surface area contributed by atoms with E-state index in [4.69, 9.17) is 0 Å². The maximum Gasteiger partial charge on any atom is 0.277 e. The van der Waals surface area contributed by atoms with Gasteiger partial charge < -0.3 is 10.0 Å². The molecule has 6 heteroatoms. The van der Waals surface area contributed by atoms with E-state index < -0.39 is 11.5 Å². The number of hydrogen-bond acceptors (Lipinski definition) is 4. The van der Waals surface area contributed by atoms with Crippen LogP contribution in [0, 0.1) is 24.8 Å². The van der Waals surface area contributed by atoms with E-state index in [0.29, 0.717) is 22.9 Å². The first-order valence-corrected chi connectivity index (χ1v) is 7.46.